The average Bonchev–Trinajstić information content (AvgIpc) is 2.61. The van der Waals surface area contributed by atoms with Crippen LogP contribution in [-0.4, -0.2) is 12.4 Å². The van der Waals surface area contributed by atoms with Gasteiger partial charge in [0.2, 0.25) is 0 Å². The Bertz CT molecular complexity index is 447. The quantitative estimate of drug-likeness (QED) is 0.750. The second kappa shape index (κ2) is 5.55. The van der Waals surface area contributed by atoms with Crippen LogP contribution in [0.1, 0.15) is 67.4 Å². The Morgan fingerprint density at radius 1 is 1.33 bits per heavy atom. The van der Waals surface area contributed by atoms with E-state index in [1.807, 2.05) is 13.0 Å². The lowest BCUT2D eigenvalue weighted by atomic mass is 9.93. The van der Waals surface area contributed by atoms with E-state index in [-0.39, 0.29) is 5.78 Å². The Kier molecular flexibility index (Phi) is 4.05. The van der Waals surface area contributed by atoms with Gasteiger partial charge in [-0.05, 0) is 42.4 Å². The standard InChI is InChI=1S/C16H22O2/c1-4-15(17)14-10-13(11(2)3)9-12-7-5-6-8-18-16(12)14/h9-11H,4-8H2,1-3H3. The van der Waals surface area contributed by atoms with E-state index in [1.54, 1.807) is 0 Å². The zero-order valence-corrected chi connectivity index (χ0v) is 11.6. The van der Waals surface area contributed by atoms with Crippen LogP contribution in [0.5, 0.6) is 5.75 Å². The van der Waals surface area contributed by atoms with E-state index in [1.165, 1.54) is 11.1 Å². The summed E-state index contributed by atoms with van der Waals surface area (Å²) in [5, 5.41) is 0. The second-order valence-corrected chi connectivity index (χ2v) is 5.29. The molecular weight excluding hydrogens is 224 g/mol. The molecule has 0 unspecified atom stereocenters. The lowest BCUT2D eigenvalue weighted by Crippen LogP contribution is -2.06. The first-order valence-corrected chi connectivity index (χ1v) is 6.96. The molecular formula is C16H22O2. The molecule has 1 heterocycles. The van der Waals surface area contributed by atoms with Crippen LogP contribution in [0.4, 0.5) is 0 Å². The van der Waals surface area contributed by atoms with E-state index < -0.39 is 0 Å². The minimum absolute atomic E-state index is 0.190. The van der Waals surface area contributed by atoms with Crippen LogP contribution in [0, 0.1) is 0 Å². The zero-order valence-electron chi connectivity index (χ0n) is 11.6. The second-order valence-electron chi connectivity index (χ2n) is 5.29. The lowest BCUT2D eigenvalue weighted by molar-refractivity contribution is 0.0984. The molecule has 1 aromatic carbocycles. The van der Waals surface area contributed by atoms with E-state index in [9.17, 15) is 4.79 Å². The van der Waals surface area contributed by atoms with Crippen molar-refractivity contribution in [3.05, 3.63) is 28.8 Å². The first-order chi connectivity index (χ1) is 8.63. The van der Waals surface area contributed by atoms with Crippen molar-refractivity contribution in [2.45, 2.75) is 52.4 Å². The van der Waals surface area contributed by atoms with Gasteiger partial charge in [0.1, 0.15) is 5.75 Å². The van der Waals surface area contributed by atoms with Gasteiger partial charge in [-0.15, -0.1) is 0 Å². The fourth-order valence-corrected chi connectivity index (χ4v) is 2.39. The van der Waals surface area contributed by atoms with Gasteiger partial charge in [-0.2, -0.15) is 0 Å². The van der Waals surface area contributed by atoms with Gasteiger partial charge in [0.25, 0.3) is 0 Å². The predicted molar refractivity (Wildman–Crippen MR) is 73.6 cm³/mol. The minimum atomic E-state index is 0.190. The SMILES string of the molecule is CCC(=O)c1cc(C(C)C)cc2c1OCCCC2. The van der Waals surface area contributed by atoms with Crippen LogP contribution in [0.15, 0.2) is 12.1 Å². The molecule has 98 valence electrons. The van der Waals surface area contributed by atoms with Gasteiger partial charge in [0.15, 0.2) is 5.78 Å². The highest BCUT2D eigenvalue weighted by Crippen LogP contribution is 2.33. The number of ketones is 1. The van der Waals surface area contributed by atoms with Crippen LogP contribution >= 0.6 is 0 Å². The normalized spacial score (nSPS) is 14.9. The molecule has 0 radical (unpaired) electrons. The lowest BCUT2D eigenvalue weighted by Gasteiger charge is -2.16. The smallest absolute Gasteiger partial charge is 0.166 e. The van der Waals surface area contributed by atoms with Crippen LogP contribution in [-0.2, 0) is 6.42 Å². The van der Waals surface area contributed by atoms with Crippen LogP contribution < -0.4 is 4.74 Å². The van der Waals surface area contributed by atoms with Gasteiger partial charge in [-0.1, -0.05) is 26.8 Å². The topological polar surface area (TPSA) is 26.3 Å². The molecule has 0 aromatic heterocycles. The molecule has 0 aliphatic carbocycles. The summed E-state index contributed by atoms with van der Waals surface area (Å²) in [5.41, 5.74) is 3.26. The summed E-state index contributed by atoms with van der Waals surface area (Å²) in [5.74, 6) is 1.49. The van der Waals surface area contributed by atoms with Crippen molar-refractivity contribution in [1.82, 2.24) is 0 Å². The number of aryl methyl sites for hydroxylation is 1. The van der Waals surface area contributed by atoms with Crippen molar-refractivity contribution in [3.8, 4) is 5.75 Å². The summed E-state index contributed by atoms with van der Waals surface area (Å²) < 4.78 is 5.82. The third-order valence-electron chi connectivity index (χ3n) is 3.56. The van der Waals surface area contributed by atoms with Crippen LogP contribution in [0.3, 0.4) is 0 Å². The maximum absolute atomic E-state index is 12.1. The van der Waals surface area contributed by atoms with Crippen LogP contribution in [0.2, 0.25) is 0 Å². The van der Waals surface area contributed by atoms with Crippen molar-refractivity contribution < 1.29 is 9.53 Å². The largest absolute Gasteiger partial charge is 0.493 e. The molecule has 1 aliphatic heterocycles. The maximum atomic E-state index is 12.1. The Hall–Kier alpha value is -1.31. The Morgan fingerprint density at radius 3 is 2.78 bits per heavy atom. The molecule has 0 saturated heterocycles. The number of carbonyl (C=O) groups is 1. The molecule has 2 heteroatoms. The molecule has 0 atom stereocenters. The summed E-state index contributed by atoms with van der Waals surface area (Å²) in [6, 6.07) is 4.25. The predicted octanol–water partition coefficient (Wildman–Crippen LogP) is 4.12. The highest BCUT2D eigenvalue weighted by atomic mass is 16.5. The summed E-state index contributed by atoms with van der Waals surface area (Å²) in [7, 11) is 0. The van der Waals surface area contributed by atoms with Crippen molar-refractivity contribution in [2.24, 2.45) is 0 Å². The fourth-order valence-electron chi connectivity index (χ4n) is 2.39. The first kappa shape index (κ1) is 13.1. The molecule has 0 amide bonds. The number of hydrogen-bond acceptors (Lipinski definition) is 2. The van der Waals surface area contributed by atoms with Crippen molar-refractivity contribution >= 4 is 5.78 Å². The monoisotopic (exact) mass is 246 g/mol. The van der Waals surface area contributed by atoms with Gasteiger partial charge in [-0.3, -0.25) is 4.79 Å². The van der Waals surface area contributed by atoms with Gasteiger partial charge in [-0.25, -0.2) is 0 Å². The van der Waals surface area contributed by atoms with Gasteiger partial charge >= 0.3 is 0 Å². The van der Waals surface area contributed by atoms with Crippen molar-refractivity contribution in [3.63, 3.8) is 0 Å². The third-order valence-corrected chi connectivity index (χ3v) is 3.56. The number of fused-ring (bicyclic) bond motifs is 1. The summed E-state index contributed by atoms with van der Waals surface area (Å²) in [4.78, 5) is 12.1. The minimum Gasteiger partial charge on any atom is -0.493 e. The van der Waals surface area contributed by atoms with Crippen molar-refractivity contribution in [2.75, 3.05) is 6.61 Å². The number of ether oxygens (including phenoxy) is 1. The zero-order chi connectivity index (χ0) is 13.1. The summed E-state index contributed by atoms with van der Waals surface area (Å²) >= 11 is 0. The summed E-state index contributed by atoms with van der Waals surface area (Å²) in [6.45, 7) is 6.98. The molecule has 2 rings (SSSR count). The van der Waals surface area contributed by atoms with E-state index in [0.29, 0.717) is 12.3 Å². The highest BCUT2D eigenvalue weighted by molar-refractivity contribution is 5.99. The molecule has 1 aromatic rings. The first-order valence-electron chi connectivity index (χ1n) is 6.96. The molecule has 0 spiro atoms. The third kappa shape index (κ3) is 2.58. The summed E-state index contributed by atoms with van der Waals surface area (Å²) in [6.07, 6.45) is 3.79. The molecule has 1 aliphatic rings. The fraction of sp³-hybridized carbons (Fsp3) is 0.562. The molecule has 2 nitrogen and oxygen atoms in total. The van der Waals surface area contributed by atoms with E-state index >= 15 is 0 Å². The van der Waals surface area contributed by atoms with Gasteiger partial charge in [0, 0.05) is 6.42 Å². The molecule has 0 fully saturated rings. The molecule has 0 N–H and O–H groups in total. The van der Waals surface area contributed by atoms with Crippen LogP contribution in [0.25, 0.3) is 0 Å². The molecule has 0 bridgehead atoms. The highest BCUT2D eigenvalue weighted by Gasteiger charge is 2.19. The molecule has 18 heavy (non-hydrogen) atoms. The molecule has 0 saturated carbocycles. The number of Topliss-reactive ketones (excluding diaryl/α,β-unsaturated/α-hetero) is 1. The Labute approximate surface area is 109 Å². The Balaban J connectivity index is 2.54. The maximum Gasteiger partial charge on any atom is 0.166 e. The van der Waals surface area contributed by atoms with E-state index in [0.717, 1.165) is 37.2 Å². The average molecular weight is 246 g/mol. The van der Waals surface area contributed by atoms with Gasteiger partial charge in [0.05, 0.1) is 12.2 Å². The van der Waals surface area contributed by atoms with Gasteiger partial charge < -0.3 is 4.74 Å². The number of hydrogen-bond donors (Lipinski definition) is 0. The van der Waals surface area contributed by atoms with Crippen molar-refractivity contribution in [1.29, 1.82) is 0 Å². The number of benzene rings is 1. The number of rotatable bonds is 3. The Morgan fingerprint density at radius 2 is 2.11 bits per heavy atom. The number of carbonyl (C=O) groups excluding carboxylic acids is 1. The van der Waals surface area contributed by atoms with E-state index in [2.05, 4.69) is 19.9 Å². The van der Waals surface area contributed by atoms with E-state index in [4.69, 9.17) is 4.74 Å².